The van der Waals surface area contributed by atoms with E-state index in [0.29, 0.717) is 0 Å². The molecule has 0 bridgehead atoms. The van der Waals surface area contributed by atoms with Gasteiger partial charge in [-0.2, -0.15) is 0 Å². The van der Waals surface area contributed by atoms with Crippen LogP contribution in [0.5, 0.6) is 11.5 Å². The van der Waals surface area contributed by atoms with Gasteiger partial charge in [-0.05, 0) is 67.9 Å². The van der Waals surface area contributed by atoms with Crippen LogP contribution in [-0.4, -0.2) is 37.7 Å². The average molecular weight is 421 g/mol. The highest BCUT2D eigenvalue weighted by Gasteiger charge is 2.41. The van der Waals surface area contributed by atoms with Crippen LogP contribution >= 0.6 is 0 Å². The van der Waals surface area contributed by atoms with Gasteiger partial charge < -0.3 is 14.4 Å². The van der Waals surface area contributed by atoms with Gasteiger partial charge in [0.25, 0.3) is 5.91 Å². The third-order valence-corrected chi connectivity index (χ3v) is 6.51. The van der Waals surface area contributed by atoms with Crippen LogP contribution in [-0.2, 0) is 11.2 Å². The van der Waals surface area contributed by atoms with Gasteiger partial charge in [0, 0.05) is 12.1 Å². The first-order valence-corrected chi connectivity index (χ1v) is 11.2. The van der Waals surface area contributed by atoms with Crippen LogP contribution in [0.4, 0.5) is 0 Å². The maximum absolute atomic E-state index is 13.3. The van der Waals surface area contributed by atoms with Gasteiger partial charge in [-0.15, -0.1) is 0 Å². The van der Waals surface area contributed by atoms with Crippen molar-refractivity contribution in [1.29, 1.82) is 0 Å². The number of ether oxygens (including phenoxy) is 2. The molecule has 1 aliphatic heterocycles. The molecule has 2 aromatic rings. The second-order valence-corrected chi connectivity index (χ2v) is 8.31. The summed E-state index contributed by atoms with van der Waals surface area (Å²) in [6.07, 6.45) is 5.00. The minimum atomic E-state index is -0.0295. The van der Waals surface area contributed by atoms with Gasteiger partial charge in [0.05, 0.1) is 20.3 Å². The van der Waals surface area contributed by atoms with E-state index in [-0.39, 0.29) is 18.1 Å². The number of nitrogens with zero attached hydrogens (tertiary/aromatic N) is 1. The summed E-state index contributed by atoms with van der Waals surface area (Å²) in [7, 11) is 3.30. The van der Waals surface area contributed by atoms with Crippen molar-refractivity contribution in [3.05, 3.63) is 70.8 Å². The Morgan fingerprint density at radius 1 is 1.03 bits per heavy atom. The smallest absolute Gasteiger partial charge is 0.251 e. The molecule has 5 nitrogen and oxygen atoms in total. The molecular formula is C26H32N2O3. The molecule has 2 aromatic carbocycles. The predicted octanol–water partition coefficient (Wildman–Crippen LogP) is 4.64. The van der Waals surface area contributed by atoms with Crippen molar-refractivity contribution < 1.29 is 14.3 Å². The molecule has 1 heterocycles. The molecule has 2 atom stereocenters. The number of rotatable bonds is 8. The molecule has 0 fully saturated rings. The molecule has 1 amide bonds. The Bertz CT molecular complexity index is 954. The molecule has 0 saturated carbocycles. The summed E-state index contributed by atoms with van der Waals surface area (Å²) in [5.74, 6) is 1.68. The van der Waals surface area contributed by atoms with Crippen LogP contribution in [0.25, 0.3) is 0 Å². The van der Waals surface area contributed by atoms with Crippen LogP contribution < -0.4 is 14.8 Å². The Labute approximate surface area is 185 Å². The molecule has 0 unspecified atom stereocenters. The van der Waals surface area contributed by atoms with Gasteiger partial charge in [0.2, 0.25) is 0 Å². The number of carbonyl (C=O) groups is 1. The molecule has 0 spiro atoms. The Morgan fingerprint density at radius 2 is 1.77 bits per heavy atom. The number of benzene rings is 2. The van der Waals surface area contributed by atoms with E-state index in [9.17, 15) is 4.79 Å². The largest absolute Gasteiger partial charge is 0.493 e. The highest BCUT2D eigenvalue weighted by atomic mass is 16.5. The molecule has 0 saturated heterocycles. The lowest BCUT2D eigenvalue weighted by atomic mass is 9.92. The fourth-order valence-corrected chi connectivity index (χ4v) is 4.82. The standard InChI is InChI=1S/C26H32N2O3/c1-18(20-9-5-4-6-10-20)28-25(21-11-7-8-12-22(21)26(28)29)27-16-15-19-13-14-23(30-2)24(17-19)31-3/h4-6,9-10,13-14,17-18,25,27H,7-8,11-12,15-16H2,1-3H3/t18-,25-/m0/s1. The van der Waals surface area contributed by atoms with Gasteiger partial charge in [-0.3, -0.25) is 10.1 Å². The van der Waals surface area contributed by atoms with E-state index in [1.165, 1.54) is 16.7 Å². The van der Waals surface area contributed by atoms with Gasteiger partial charge >= 0.3 is 0 Å². The molecule has 1 aliphatic carbocycles. The number of nitrogens with one attached hydrogen (secondary N) is 1. The van der Waals surface area contributed by atoms with Crippen molar-refractivity contribution in [2.24, 2.45) is 0 Å². The third-order valence-electron chi connectivity index (χ3n) is 6.51. The molecule has 5 heteroatoms. The third kappa shape index (κ3) is 4.33. The van der Waals surface area contributed by atoms with Crippen molar-refractivity contribution in [2.75, 3.05) is 20.8 Å². The van der Waals surface area contributed by atoms with Crippen molar-refractivity contribution in [3.63, 3.8) is 0 Å². The van der Waals surface area contributed by atoms with E-state index in [0.717, 1.165) is 55.7 Å². The summed E-state index contributed by atoms with van der Waals surface area (Å²) in [6.45, 7) is 2.91. The van der Waals surface area contributed by atoms with E-state index >= 15 is 0 Å². The van der Waals surface area contributed by atoms with E-state index in [2.05, 4.69) is 35.3 Å². The lowest BCUT2D eigenvalue weighted by molar-refractivity contribution is -0.129. The Kier molecular flexibility index (Phi) is 6.62. The van der Waals surface area contributed by atoms with Crippen LogP contribution in [0, 0.1) is 0 Å². The average Bonchev–Trinajstić information content (AvgIpc) is 3.10. The second kappa shape index (κ2) is 9.56. The first kappa shape index (κ1) is 21.4. The maximum atomic E-state index is 13.3. The van der Waals surface area contributed by atoms with Crippen molar-refractivity contribution >= 4 is 5.91 Å². The van der Waals surface area contributed by atoms with Crippen molar-refractivity contribution in [1.82, 2.24) is 10.2 Å². The fraction of sp³-hybridized carbons (Fsp3) is 0.423. The Morgan fingerprint density at radius 3 is 2.52 bits per heavy atom. The Hall–Kier alpha value is -2.79. The lowest BCUT2D eigenvalue weighted by Crippen LogP contribution is -2.47. The van der Waals surface area contributed by atoms with Crippen LogP contribution in [0.2, 0.25) is 0 Å². The zero-order valence-corrected chi connectivity index (χ0v) is 18.7. The van der Waals surface area contributed by atoms with Gasteiger partial charge in [-0.1, -0.05) is 36.4 Å². The highest BCUT2D eigenvalue weighted by Crippen LogP contribution is 2.39. The molecule has 0 radical (unpaired) electrons. The van der Waals surface area contributed by atoms with E-state index in [1.54, 1.807) is 14.2 Å². The normalized spacial score (nSPS) is 19.4. The molecule has 0 aromatic heterocycles. The predicted molar refractivity (Wildman–Crippen MR) is 122 cm³/mol. The number of amides is 1. The molecule has 4 rings (SSSR count). The summed E-state index contributed by atoms with van der Waals surface area (Å²) in [5.41, 5.74) is 4.68. The zero-order valence-electron chi connectivity index (χ0n) is 18.7. The number of hydrogen-bond donors (Lipinski definition) is 1. The van der Waals surface area contributed by atoms with Crippen molar-refractivity contribution in [3.8, 4) is 11.5 Å². The Balaban J connectivity index is 1.51. The fourth-order valence-electron chi connectivity index (χ4n) is 4.82. The van der Waals surface area contributed by atoms with Crippen molar-refractivity contribution in [2.45, 2.75) is 51.2 Å². The summed E-state index contributed by atoms with van der Waals surface area (Å²) in [5, 5.41) is 3.70. The first-order chi connectivity index (χ1) is 15.1. The summed E-state index contributed by atoms with van der Waals surface area (Å²) < 4.78 is 10.8. The highest BCUT2D eigenvalue weighted by molar-refractivity contribution is 5.98. The van der Waals surface area contributed by atoms with Gasteiger partial charge in [-0.25, -0.2) is 0 Å². The number of hydrogen-bond acceptors (Lipinski definition) is 4. The monoisotopic (exact) mass is 420 g/mol. The SMILES string of the molecule is COc1ccc(CCN[C@@H]2C3=C(CCCC3)C(=O)N2[C@@H](C)c2ccccc2)cc1OC. The van der Waals surface area contributed by atoms with E-state index < -0.39 is 0 Å². The van der Waals surface area contributed by atoms with Crippen LogP contribution in [0.15, 0.2) is 59.7 Å². The topological polar surface area (TPSA) is 50.8 Å². The van der Waals surface area contributed by atoms with E-state index in [4.69, 9.17) is 9.47 Å². The zero-order chi connectivity index (χ0) is 21.8. The summed E-state index contributed by atoms with van der Waals surface area (Å²) in [6, 6.07) is 16.4. The number of carbonyl (C=O) groups excluding carboxylic acids is 1. The molecule has 164 valence electrons. The minimum absolute atomic E-state index is 0.0258. The van der Waals surface area contributed by atoms with Gasteiger partial charge in [0.1, 0.15) is 6.17 Å². The molecule has 31 heavy (non-hydrogen) atoms. The minimum Gasteiger partial charge on any atom is -0.493 e. The molecular weight excluding hydrogens is 388 g/mol. The maximum Gasteiger partial charge on any atom is 0.251 e. The molecule has 1 N–H and O–H groups in total. The number of methoxy groups -OCH3 is 2. The summed E-state index contributed by atoms with van der Waals surface area (Å²) >= 11 is 0. The quantitative estimate of drug-likeness (QED) is 0.676. The first-order valence-electron chi connectivity index (χ1n) is 11.2. The molecule has 2 aliphatic rings. The second-order valence-electron chi connectivity index (χ2n) is 8.31. The van der Waals surface area contributed by atoms with Crippen LogP contribution in [0.1, 0.15) is 49.8 Å². The lowest BCUT2D eigenvalue weighted by Gasteiger charge is -2.33. The van der Waals surface area contributed by atoms with Crippen LogP contribution in [0.3, 0.4) is 0 Å². The summed E-state index contributed by atoms with van der Waals surface area (Å²) in [4.78, 5) is 15.4. The van der Waals surface area contributed by atoms with Gasteiger partial charge in [0.15, 0.2) is 11.5 Å². The van der Waals surface area contributed by atoms with E-state index in [1.807, 2.05) is 30.3 Å².